The number of hydrogen-bond donors (Lipinski definition) is 1. The van der Waals surface area contributed by atoms with Gasteiger partial charge in [0.15, 0.2) is 4.83 Å². The molecule has 0 aromatic carbocycles. The van der Waals surface area contributed by atoms with Crippen LogP contribution in [0.1, 0.15) is 2.85 Å². The molecule has 5 heavy (non-hydrogen) atoms. The van der Waals surface area contributed by atoms with Crippen LogP contribution in [0.5, 0.6) is 0 Å². The second-order valence-corrected chi connectivity index (χ2v) is 0.999. The molecule has 0 rings (SSSR count). The topological polar surface area (TPSA) is 37.3 Å². The molecule has 0 amide bonds. The van der Waals surface area contributed by atoms with Crippen molar-refractivity contribution in [3.63, 3.8) is 0 Å². The summed E-state index contributed by atoms with van der Waals surface area (Å²) >= 11 is 0.920. The summed E-state index contributed by atoms with van der Waals surface area (Å²) in [7, 11) is 0. The van der Waals surface area contributed by atoms with E-state index in [2.05, 4.69) is 0 Å². The first-order valence-corrected chi connectivity index (χ1v) is 1.49. The van der Waals surface area contributed by atoms with Gasteiger partial charge in [-0.1, -0.05) is 0 Å². The molecular weight excluding hydrogens is 111 g/mol. The third-order valence-corrected chi connectivity index (χ3v) is 0. The summed E-state index contributed by atoms with van der Waals surface area (Å²) in [6, 6.07) is 0. The SMILES string of the molecule is O=[C](O)[AlH].[Ca+2].[H-].[H-]. The number of rotatable bonds is 0. The van der Waals surface area contributed by atoms with Gasteiger partial charge in [0.25, 0.3) is 0 Å². The quantitative estimate of drug-likeness (QED) is 0.428. The summed E-state index contributed by atoms with van der Waals surface area (Å²) in [6.07, 6.45) is 0. The molecule has 1 N–H and O–H groups in total. The Bertz CT molecular complexity index is 38.7. The molecule has 0 aromatic heterocycles. The van der Waals surface area contributed by atoms with E-state index in [1.54, 1.807) is 0 Å². The molecule has 2 nitrogen and oxygen atoms in total. The van der Waals surface area contributed by atoms with Crippen molar-refractivity contribution in [2.45, 2.75) is 0 Å². The van der Waals surface area contributed by atoms with Crippen LogP contribution in [0.15, 0.2) is 0 Å². The summed E-state index contributed by atoms with van der Waals surface area (Å²) < 4.78 is 0. The molecule has 0 aliphatic rings. The van der Waals surface area contributed by atoms with Crippen molar-refractivity contribution < 1.29 is 12.8 Å². The zero-order valence-corrected chi connectivity index (χ0v) is 6.39. The van der Waals surface area contributed by atoms with Gasteiger partial charge in [0.2, 0.25) is 0 Å². The zero-order chi connectivity index (χ0) is 3.58. The summed E-state index contributed by atoms with van der Waals surface area (Å²) in [6.45, 7) is 0. The Morgan fingerprint density at radius 1 is 2.00 bits per heavy atom. The Balaban J connectivity index is -0.0000000150. The van der Waals surface area contributed by atoms with Gasteiger partial charge in [-0.05, 0) is 0 Å². The number of carboxylic acid groups (broad SMARTS) is 1. The van der Waals surface area contributed by atoms with Crippen molar-refractivity contribution >= 4 is 58.9 Å². The number of carbonyl (C=O) groups is 1. The Morgan fingerprint density at radius 3 is 2.00 bits per heavy atom. The van der Waals surface area contributed by atoms with Gasteiger partial charge in [0, 0.05) is 0 Å². The van der Waals surface area contributed by atoms with Gasteiger partial charge < -0.3 is 7.96 Å². The molecule has 4 heteroatoms. The minimum absolute atomic E-state index is 0. The van der Waals surface area contributed by atoms with E-state index in [9.17, 15) is 0 Å². The van der Waals surface area contributed by atoms with Crippen molar-refractivity contribution in [3.8, 4) is 0 Å². The van der Waals surface area contributed by atoms with E-state index in [1.807, 2.05) is 0 Å². The molecule has 25 valence electrons. The Morgan fingerprint density at radius 2 is 2.00 bits per heavy atom. The van der Waals surface area contributed by atoms with Crippen molar-refractivity contribution in [1.29, 1.82) is 0 Å². The fourth-order valence-corrected chi connectivity index (χ4v) is 0. The first-order valence-electron chi connectivity index (χ1n) is 0.781. The van der Waals surface area contributed by atoms with E-state index >= 15 is 0 Å². The summed E-state index contributed by atoms with van der Waals surface area (Å²) in [5.74, 6) is 0. The summed E-state index contributed by atoms with van der Waals surface area (Å²) in [5.41, 5.74) is 0. The minimum atomic E-state index is -0.806. The Hall–Kier alpha value is 1.26. The van der Waals surface area contributed by atoms with E-state index in [1.165, 1.54) is 0 Å². The fourth-order valence-electron chi connectivity index (χ4n) is 0. The third-order valence-electron chi connectivity index (χ3n) is 0. The molecule has 1 radical (unpaired) electrons. The monoisotopic (exact) mass is 115 g/mol. The predicted molar refractivity (Wildman–Crippen MR) is 23.2 cm³/mol. The van der Waals surface area contributed by atoms with E-state index in [0.29, 0.717) is 0 Å². The van der Waals surface area contributed by atoms with Crippen molar-refractivity contribution in [2.24, 2.45) is 0 Å². The summed E-state index contributed by atoms with van der Waals surface area (Å²) in [5, 5.41) is 7.43. The normalized spacial score (nSPS) is 4.80. The van der Waals surface area contributed by atoms with Crippen LogP contribution in [0.25, 0.3) is 0 Å². The zero-order valence-electron chi connectivity index (χ0n) is 4.77. The predicted octanol–water partition coefficient (Wildman–Crippen LogP) is -0.591. The molecular formula is CH4AlCaO2. The van der Waals surface area contributed by atoms with Gasteiger partial charge >= 0.3 is 54.0 Å². The van der Waals surface area contributed by atoms with Crippen LogP contribution in [0, 0.1) is 0 Å². The van der Waals surface area contributed by atoms with E-state index in [-0.39, 0.29) is 40.6 Å². The summed E-state index contributed by atoms with van der Waals surface area (Å²) in [4.78, 5) is 8.21. The van der Waals surface area contributed by atoms with Crippen LogP contribution in [-0.2, 0) is 0 Å². The maximum atomic E-state index is 9.01. The molecule has 0 aromatic rings. The van der Waals surface area contributed by atoms with Gasteiger partial charge in [-0.25, -0.2) is 0 Å². The number of hydrogen-bond acceptors (Lipinski definition) is 1. The molecule has 0 spiro atoms. The van der Waals surface area contributed by atoms with Crippen LogP contribution in [0.4, 0.5) is 4.79 Å². The van der Waals surface area contributed by atoms with E-state index < -0.39 is 4.83 Å². The fraction of sp³-hybridized carbons (Fsp3) is 0. The van der Waals surface area contributed by atoms with Gasteiger partial charge in [-0.15, -0.1) is 0 Å². The maximum Gasteiger partial charge on any atom is 2.00 e. The van der Waals surface area contributed by atoms with Gasteiger partial charge in [0.1, 0.15) is 0 Å². The Kier molecular flexibility index (Phi) is 10.0. The Labute approximate surface area is 70.9 Å². The molecule has 0 bridgehead atoms. The van der Waals surface area contributed by atoms with Crippen molar-refractivity contribution in [3.05, 3.63) is 0 Å². The standard InChI is InChI=1S/CHO2.Al.Ca.3H/c2-1-3;;;;;/h(H,2,3);;;;;/q;;+2;;2*-1. The average Bonchev–Trinajstić information content (AvgIpc) is 0.811. The van der Waals surface area contributed by atoms with E-state index in [0.717, 1.165) is 16.3 Å². The van der Waals surface area contributed by atoms with Crippen LogP contribution in [0.2, 0.25) is 0 Å². The van der Waals surface area contributed by atoms with Crippen LogP contribution in [-0.4, -0.2) is 64.0 Å². The molecule has 0 saturated carbocycles. The van der Waals surface area contributed by atoms with Crippen molar-refractivity contribution in [2.75, 3.05) is 0 Å². The van der Waals surface area contributed by atoms with E-state index in [4.69, 9.17) is 9.90 Å². The van der Waals surface area contributed by atoms with Crippen LogP contribution < -0.4 is 0 Å². The molecule has 0 heterocycles. The molecule has 0 atom stereocenters. The first-order chi connectivity index (χ1) is 1.73. The van der Waals surface area contributed by atoms with Crippen molar-refractivity contribution in [1.82, 2.24) is 0 Å². The van der Waals surface area contributed by atoms with Gasteiger partial charge in [-0.2, -0.15) is 0 Å². The van der Waals surface area contributed by atoms with Crippen LogP contribution >= 0.6 is 0 Å². The van der Waals surface area contributed by atoms with Gasteiger partial charge in [-0.3, -0.25) is 4.79 Å². The smallest absolute Gasteiger partial charge is 1.00 e. The average molecular weight is 115 g/mol. The molecule has 0 saturated heterocycles. The maximum absolute atomic E-state index is 9.01. The van der Waals surface area contributed by atoms with Gasteiger partial charge in [0.05, 0.1) is 0 Å². The minimum Gasteiger partial charge on any atom is -1.00 e. The largest absolute Gasteiger partial charge is 2.00 e. The second-order valence-electron chi connectivity index (χ2n) is 0.394. The molecule has 0 unspecified atom stereocenters. The first kappa shape index (κ1) is 9.55. The second kappa shape index (κ2) is 5.26. The molecule has 0 aliphatic heterocycles. The third kappa shape index (κ3) is 35.2. The van der Waals surface area contributed by atoms with Crippen LogP contribution in [0.3, 0.4) is 0 Å². The molecule has 0 fully saturated rings. The molecule has 0 aliphatic carbocycles.